The summed E-state index contributed by atoms with van der Waals surface area (Å²) in [5, 5.41) is 0. The molecule has 98 valence electrons. The Kier molecular flexibility index (Phi) is 4.14. The minimum atomic E-state index is -1.23. The second-order valence-corrected chi connectivity index (χ2v) is 8.19. The van der Waals surface area contributed by atoms with Crippen molar-refractivity contribution in [1.82, 2.24) is 4.98 Å². The lowest BCUT2D eigenvalue weighted by Gasteiger charge is -2.17. The normalized spacial score (nSPS) is 17.2. The molecule has 1 aliphatic carbocycles. The summed E-state index contributed by atoms with van der Waals surface area (Å²) in [7, 11) is 0. The number of hydrogen-bond acceptors (Lipinski definition) is 3. The summed E-state index contributed by atoms with van der Waals surface area (Å²) in [6.45, 7) is 5.73. The maximum atomic E-state index is 11.8. The van der Waals surface area contributed by atoms with Crippen LogP contribution in [0.5, 0.6) is 0 Å². The van der Waals surface area contributed by atoms with Crippen LogP contribution < -0.4 is 0 Å². The van der Waals surface area contributed by atoms with Gasteiger partial charge < -0.3 is 4.55 Å². The highest BCUT2D eigenvalue weighted by Crippen LogP contribution is 2.28. The first-order valence-corrected chi connectivity index (χ1v) is 7.92. The van der Waals surface area contributed by atoms with Crippen LogP contribution >= 0.6 is 15.9 Å². The minimum absolute atomic E-state index is 0.329. The standard InChI is InChI=1S/C13H17BrN2OS/c1-13(2,3)18(17)15-8-9-7-11(14)10-5-4-6-12(10)16-9/h7-8H,4-6H2,1-3H3/b15-8+. The first-order valence-electron chi connectivity index (χ1n) is 6.02. The largest absolute Gasteiger partial charge is 0.591 e. The van der Waals surface area contributed by atoms with Crippen LogP contribution in [0.2, 0.25) is 0 Å². The zero-order chi connectivity index (χ0) is 13.3. The fourth-order valence-electron chi connectivity index (χ4n) is 1.84. The van der Waals surface area contributed by atoms with Gasteiger partial charge >= 0.3 is 0 Å². The summed E-state index contributed by atoms with van der Waals surface area (Å²) in [6, 6.07) is 1.95. The molecular weight excluding hydrogens is 312 g/mol. The second-order valence-electron chi connectivity index (χ2n) is 5.40. The summed E-state index contributed by atoms with van der Waals surface area (Å²) >= 11 is 2.34. The molecule has 0 amide bonds. The lowest BCUT2D eigenvalue weighted by Crippen LogP contribution is -2.25. The van der Waals surface area contributed by atoms with Gasteiger partial charge in [-0.2, -0.15) is 0 Å². The lowest BCUT2D eigenvalue weighted by molar-refractivity contribution is 0.562. The summed E-state index contributed by atoms with van der Waals surface area (Å²) in [6.07, 6.45) is 4.90. The van der Waals surface area contributed by atoms with Crippen molar-refractivity contribution in [2.75, 3.05) is 0 Å². The maximum Gasteiger partial charge on any atom is 0.144 e. The highest BCUT2D eigenvalue weighted by Gasteiger charge is 2.26. The average Bonchev–Trinajstić information content (AvgIpc) is 2.73. The van der Waals surface area contributed by atoms with E-state index in [4.69, 9.17) is 0 Å². The van der Waals surface area contributed by atoms with E-state index in [2.05, 4.69) is 25.3 Å². The number of nitrogens with zero attached hydrogens (tertiary/aromatic N) is 2. The fourth-order valence-corrected chi connectivity index (χ4v) is 3.02. The molecule has 0 aromatic carbocycles. The maximum absolute atomic E-state index is 11.8. The number of pyridine rings is 1. The van der Waals surface area contributed by atoms with Crippen molar-refractivity contribution < 1.29 is 4.55 Å². The van der Waals surface area contributed by atoms with Gasteiger partial charge in [-0.1, -0.05) is 20.3 Å². The molecule has 0 spiro atoms. The Labute approximate surface area is 120 Å². The molecular formula is C13H17BrN2OS. The van der Waals surface area contributed by atoms with E-state index in [1.54, 1.807) is 6.21 Å². The summed E-state index contributed by atoms with van der Waals surface area (Å²) in [4.78, 5) is 4.55. The quantitative estimate of drug-likeness (QED) is 0.618. The topological polar surface area (TPSA) is 48.3 Å². The Bertz CT molecular complexity index is 483. The molecule has 2 rings (SSSR count). The fraction of sp³-hybridized carbons (Fsp3) is 0.538. The van der Waals surface area contributed by atoms with Gasteiger partial charge in [-0.25, -0.2) is 0 Å². The Morgan fingerprint density at radius 3 is 2.83 bits per heavy atom. The molecule has 1 aromatic rings. The number of aromatic nitrogens is 1. The Morgan fingerprint density at radius 2 is 2.17 bits per heavy atom. The summed E-state index contributed by atoms with van der Waals surface area (Å²) < 4.78 is 16.7. The number of halogens is 1. The third-order valence-electron chi connectivity index (χ3n) is 2.82. The van der Waals surface area contributed by atoms with Crippen LogP contribution in [-0.4, -0.2) is 20.5 Å². The Hall–Kier alpha value is -0.390. The SMILES string of the molecule is CC(C)(C)[S+]([O-])/N=C/c1cc(Br)c2c(n1)CCC2. The summed E-state index contributed by atoms with van der Waals surface area (Å²) in [5.41, 5.74) is 3.23. The monoisotopic (exact) mass is 328 g/mol. The van der Waals surface area contributed by atoms with E-state index in [1.807, 2.05) is 26.8 Å². The molecule has 1 aliphatic rings. The zero-order valence-electron chi connectivity index (χ0n) is 10.9. The predicted octanol–water partition coefficient (Wildman–Crippen LogP) is 3.21. The average molecular weight is 329 g/mol. The molecule has 0 aliphatic heterocycles. The molecule has 0 radical (unpaired) electrons. The molecule has 0 saturated carbocycles. The Balaban J connectivity index is 2.21. The minimum Gasteiger partial charge on any atom is -0.591 e. The third kappa shape index (κ3) is 3.13. The first-order chi connectivity index (χ1) is 8.38. The van der Waals surface area contributed by atoms with Gasteiger partial charge in [0.25, 0.3) is 0 Å². The van der Waals surface area contributed by atoms with Crippen LogP contribution in [-0.2, 0) is 24.2 Å². The van der Waals surface area contributed by atoms with Crippen molar-refractivity contribution in [3.05, 3.63) is 27.5 Å². The number of fused-ring (bicyclic) bond motifs is 1. The molecule has 1 atom stereocenters. The molecule has 5 heteroatoms. The van der Waals surface area contributed by atoms with Gasteiger partial charge in [0, 0.05) is 10.2 Å². The smallest absolute Gasteiger partial charge is 0.144 e. The molecule has 1 heterocycles. The summed E-state index contributed by atoms with van der Waals surface area (Å²) in [5.74, 6) is 0. The molecule has 0 saturated heterocycles. The second kappa shape index (κ2) is 5.31. The molecule has 3 nitrogen and oxygen atoms in total. The van der Waals surface area contributed by atoms with Crippen molar-refractivity contribution >= 4 is 33.5 Å². The van der Waals surface area contributed by atoms with Crippen molar-refractivity contribution in [3.8, 4) is 0 Å². The predicted molar refractivity (Wildman–Crippen MR) is 79.5 cm³/mol. The van der Waals surface area contributed by atoms with E-state index in [9.17, 15) is 4.55 Å². The zero-order valence-corrected chi connectivity index (χ0v) is 13.3. The van der Waals surface area contributed by atoms with E-state index in [0.29, 0.717) is 0 Å². The molecule has 0 bridgehead atoms. The lowest BCUT2D eigenvalue weighted by atomic mass is 10.2. The first kappa shape index (κ1) is 14.0. The van der Waals surface area contributed by atoms with Crippen LogP contribution in [0.25, 0.3) is 0 Å². The molecule has 18 heavy (non-hydrogen) atoms. The van der Waals surface area contributed by atoms with Crippen LogP contribution in [0.15, 0.2) is 14.9 Å². The molecule has 1 aromatic heterocycles. The van der Waals surface area contributed by atoms with Crippen LogP contribution in [0, 0.1) is 0 Å². The van der Waals surface area contributed by atoms with E-state index in [0.717, 1.165) is 35.1 Å². The van der Waals surface area contributed by atoms with Crippen LogP contribution in [0.3, 0.4) is 0 Å². The highest BCUT2D eigenvalue weighted by atomic mass is 79.9. The molecule has 0 N–H and O–H groups in total. The number of rotatable bonds is 2. The van der Waals surface area contributed by atoms with E-state index in [1.165, 1.54) is 5.56 Å². The van der Waals surface area contributed by atoms with Gasteiger partial charge in [-0.05, 0) is 51.7 Å². The van der Waals surface area contributed by atoms with Crippen molar-refractivity contribution in [2.45, 2.75) is 44.8 Å². The van der Waals surface area contributed by atoms with Crippen LogP contribution in [0.4, 0.5) is 0 Å². The van der Waals surface area contributed by atoms with Gasteiger partial charge in [0.15, 0.2) is 0 Å². The van der Waals surface area contributed by atoms with Gasteiger partial charge in [0.1, 0.15) is 22.3 Å². The van der Waals surface area contributed by atoms with Crippen molar-refractivity contribution in [1.29, 1.82) is 0 Å². The van der Waals surface area contributed by atoms with Crippen LogP contribution in [0.1, 0.15) is 44.1 Å². The third-order valence-corrected chi connectivity index (χ3v) is 4.87. The number of aryl methyl sites for hydroxylation is 1. The van der Waals surface area contributed by atoms with Crippen molar-refractivity contribution in [3.63, 3.8) is 0 Å². The van der Waals surface area contributed by atoms with E-state index >= 15 is 0 Å². The van der Waals surface area contributed by atoms with Crippen molar-refractivity contribution in [2.24, 2.45) is 4.40 Å². The Morgan fingerprint density at radius 1 is 1.44 bits per heavy atom. The van der Waals surface area contributed by atoms with Gasteiger partial charge in [0.05, 0.1) is 5.69 Å². The molecule has 1 unspecified atom stereocenters. The molecule has 0 fully saturated rings. The van der Waals surface area contributed by atoms with Gasteiger partial charge in [-0.3, -0.25) is 4.98 Å². The van der Waals surface area contributed by atoms with E-state index < -0.39 is 11.4 Å². The van der Waals surface area contributed by atoms with E-state index in [-0.39, 0.29) is 4.75 Å². The van der Waals surface area contributed by atoms with Gasteiger partial charge in [-0.15, -0.1) is 0 Å². The highest BCUT2D eigenvalue weighted by molar-refractivity contribution is 9.10. The van der Waals surface area contributed by atoms with Gasteiger partial charge in [0.2, 0.25) is 0 Å². The number of hydrogen-bond donors (Lipinski definition) is 0.